The van der Waals surface area contributed by atoms with Crippen LogP contribution in [-0.4, -0.2) is 38.1 Å². The van der Waals surface area contributed by atoms with Crippen molar-refractivity contribution in [2.45, 2.75) is 45.3 Å². The zero-order valence-electron chi connectivity index (χ0n) is 12.3. The number of nitrogens with zero attached hydrogens (tertiary/aromatic N) is 4. The first-order valence-corrected chi connectivity index (χ1v) is 6.94. The van der Waals surface area contributed by atoms with Crippen molar-refractivity contribution in [1.29, 1.82) is 0 Å². The van der Waals surface area contributed by atoms with Crippen LogP contribution in [-0.2, 0) is 0 Å². The molecule has 8 heteroatoms. The van der Waals surface area contributed by atoms with Crippen molar-refractivity contribution < 1.29 is 4.39 Å². The molecule has 0 amide bonds. The first kappa shape index (κ1) is 15.9. The summed E-state index contributed by atoms with van der Waals surface area (Å²) in [7, 11) is 0. The number of hydrogen-bond donors (Lipinski definition) is 2. The van der Waals surface area contributed by atoms with Crippen molar-refractivity contribution in [3.05, 3.63) is 12.4 Å². The molecular weight excluding hydrogens is 295 g/mol. The quantitative estimate of drug-likeness (QED) is 0.850. The van der Waals surface area contributed by atoms with E-state index < -0.39 is 6.08 Å². The number of anilines is 1. The van der Waals surface area contributed by atoms with Crippen molar-refractivity contribution >= 4 is 29.4 Å². The van der Waals surface area contributed by atoms with E-state index in [1.54, 1.807) is 6.33 Å². The van der Waals surface area contributed by atoms with Gasteiger partial charge in [0.05, 0.1) is 6.33 Å². The van der Waals surface area contributed by atoms with E-state index in [1.807, 2.05) is 18.4 Å². The van der Waals surface area contributed by atoms with Gasteiger partial charge in [0.2, 0.25) is 0 Å². The fourth-order valence-corrected chi connectivity index (χ4v) is 2.61. The van der Waals surface area contributed by atoms with Crippen LogP contribution in [0.4, 0.5) is 10.2 Å². The molecule has 1 fully saturated rings. The Morgan fingerprint density at radius 1 is 1.43 bits per heavy atom. The Labute approximate surface area is 129 Å². The third kappa shape index (κ3) is 3.08. The molecule has 6 nitrogen and oxygen atoms in total. The van der Waals surface area contributed by atoms with E-state index >= 15 is 0 Å². The Bertz CT molecular complexity index is 628. The second-order valence-electron chi connectivity index (χ2n) is 5.65. The smallest absolute Gasteiger partial charge is 0.312 e. The van der Waals surface area contributed by atoms with Gasteiger partial charge in [0.25, 0.3) is 0 Å². The van der Waals surface area contributed by atoms with E-state index in [-0.39, 0.29) is 24.5 Å². The van der Waals surface area contributed by atoms with Gasteiger partial charge in [0.15, 0.2) is 17.0 Å². The number of nitrogens with one attached hydrogen (secondary N) is 2. The molecule has 0 spiro atoms. The van der Waals surface area contributed by atoms with Gasteiger partial charge in [-0.3, -0.25) is 0 Å². The van der Waals surface area contributed by atoms with E-state index in [0.717, 1.165) is 13.0 Å². The summed E-state index contributed by atoms with van der Waals surface area (Å²) >= 11 is 0. The molecule has 1 aliphatic rings. The molecule has 3 heterocycles. The summed E-state index contributed by atoms with van der Waals surface area (Å²) in [5.74, 6) is 0.479. The molecule has 2 N–H and O–H groups in total. The van der Waals surface area contributed by atoms with Crippen molar-refractivity contribution in [3.8, 4) is 0 Å². The molecule has 0 aromatic carbocycles. The molecule has 116 valence electrons. The van der Waals surface area contributed by atoms with Crippen LogP contribution in [0.1, 0.15) is 33.2 Å². The van der Waals surface area contributed by atoms with Crippen LogP contribution in [0.5, 0.6) is 0 Å². The van der Waals surface area contributed by atoms with E-state index in [9.17, 15) is 4.39 Å². The molecule has 2 atom stereocenters. The summed E-state index contributed by atoms with van der Waals surface area (Å²) in [6.45, 7) is 7.00. The second kappa shape index (κ2) is 6.11. The minimum absolute atomic E-state index is 0. The lowest BCUT2D eigenvalue weighted by atomic mass is 10.2. The van der Waals surface area contributed by atoms with Crippen molar-refractivity contribution in [1.82, 2.24) is 24.8 Å². The predicted molar refractivity (Wildman–Crippen MR) is 82.4 cm³/mol. The fourth-order valence-electron chi connectivity index (χ4n) is 2.61. The topological polar surface area (TPSA) is 67.7 Å². The third-order valence-electron chi connectivity index (χ3n) is 3.64. The second-order valence-corrected chi connectivity index (χ2v) is 5.65. The Balaban J connectivity index is 0.00000161. The van der Waals surface area contributed by atoms with Crippen LogP contribution >= 0.6 is 12.4 Å². The van der Waals surface area contributed by atoms with Crippen LogP contribution in [0.3, 0.4) is 0 Å². The highest BCUT2D eigenvalue weighted by Crippen LogP contribution is 2.23. The van der Waals surface area contributed by atoms with Crippen LogP contribution < -0.4 is 10.6 Å². The molecule has 0 unspecified atom stereocenters. The third-order valence-corrected chi connectivity index (χ3v) is 3.64. The summed E-state index contributed by atoms with van der Waals surface area (Å²) in [6.07, 6.45) is 1.95. The van der Waals surface area contributed by atoms with Gasteiger partial charge >= 0.3 is 6.08 Å². The normalized spacial score (nSPS) is 21.8. The Morgan fingerprint density at radius 2 is 2.19 bits per heavy atom. The zero-order valence-corrected chi connectivity index (χ0v) is 13.1. The minimum Gasteiger partial charge on any atom is -0.364 e. The number of rotatable bonds is 3. The van der Waals surface area contributed by atoms with E-state index in [1.165, 1.54) is 0 Å². The van der Waals surface area contributed by atoms with Gasteiger partial charge in [-0.1, -0.05) is 0 Å². The molecule has 0 aliphatic carbocycles. The van der Waals surface area contributed by atoms with Gasteiger partial charge in [-0.05, 0) is 27.2 Å². The molecule has 1 aliphatic heterocycles. The maximum absolute atomic E-state index is 13.6. The molecule has 0 radical (unpaired) electrons. The number of imidazole rings is 1. The number of halogens is 2. The molecule has 0 bridgehead atoms. The monoisotopic (exact) mass is 314 g/mol. The van der Waals surface area contributed by atoms with Gasteiger partial charge in [0, 0.05) is 24.7 Å². The standard InChI is InChI=1S/C13H19FN6.ClH/c1-7(2)20-6-16-10-11(18-13(14)19-12(10)20)17-9-4-8(3)15-5-9;/h6-9,15H,4-5H2,1-3H3,(H,17,18,19);1H/t8-,9-;/m0./s1. The SMILES string of the molecule is CC(C)n1cnc2c(N[C@@H]3CN[C@@H](C)C3)nc(F)nc21.Cl. The van der Waals surface area contributed by atoms with Gasteiger partial charge < -0.3 is 15.2 Å². The minimum atomic E-state index is -0.721. The van der Waals surface area contributed by atoms with Gasteiger partial charge in [0.1, 0.15) is 0 Å². The first-order chi connectivity index (χ1) is 9.54. The van der Waals surface area contributed by atoms with Crippen molar-refractivity contribution in [2.75, 3.05) is 11.9 Å². The Morgan fingerprint density at radius 3 is 2.81 bits per heavy atom. The average molecular weight is 315 g/mol. The summed E-state index contributed by atoms with van der Waals surface area (Å²) in [6, 6.07) is 0.880. The number of aromatic nitrogens is 4. The maximum atomic E-state index is 13.6. The first-order valence-electron chi connectivity index (χ1n) is 6.94. The van der Waals surface area contributed by atoms with Crippen LogP contribution in [0.15, 0.2) is 6.33 Å². The molecule has 21 heavy (non-hydrogen) atoms. The lowest BCUT2D eigenvalue weighted by Crippen LogP contribution is -2.23. The zero-order chi connectivity index (χ0) is 14.3. The van der Waals surface area contributed by atoms with E-state index in [2.05, 4.69) is 32.5 Å². The number of hydrogen-bond acceptors (Lipinski definition) is 5. The van der Waals surface area contributed by atoms with Crippen LogP contribution in [0.25, 0.3) is 11.2 Å². The average Bonchev–Trinajstić information content (AvgIpc) is 2.95. The number of fused-ring (bicyclic) bond motifs is 1. The molecule has 0 saturated carbocycles. The fraction of sp³-hybridized carbons (Fsp3) is 0.615. The molecule has 1 saturated heterocycles. The van der Waals surface area contributed by atoms with Crippen molar-refractivity contribution in [2.24, 2.45) is 0 Å². The summed E-state index contributed by atoms with van der Waals surface area (Å²) < 4.78 is 15.5. The van der Waals surface area contributed by atoms with Crippen LogP contribution in [0, 0.1) is 6.08 Å². The molecule has 3 rings (SSSR count). The summed E-state index contributed by atoms with van der Waals surface area (Å²) in [5, 5.41) is 6.63. The predicted octanol–water partition coefficient (Wildman–Crippen LogP) is 2.13. The molecular formula is C13H20ClFN6. The lowest BCUT2D eigenvalue weighted by Gasteiger charge is -2.13. The van der Waals surface area contributed by atoms with E-state index in [0.29, 0.717) is 23.0 Å². The molecule has 2 aromatic rings. The van der Waals surface area contributed by atoms with Crippen molar-refractivity contribution in [3.63, 3.8) is 0 Å². The summed E-state index contributed by atoms with van der Waals surface area (Å²) in [4.78, 5) is 12.1. The van der Waals surface area contributed by atoms with Gasteiger partial charge in [-0.15, -0.1) is 12.4 Å². The highest BCUT2D eigenvalue weighted by atomic mass is 35.5. The summed E-state index contributed by atoms with van der Waals surface area (Å²) in [5.41, 5.74) is 1.16. The largest absolute Gasteiger partial charge is 0.364 e. The molecule has 2 aromatic heterocycles. The highest BCUT2D eigenvalue weighted by molar-refractivity contribution is 5.85. The lowest BCUT2D eigenvalue weighted by molar-refractivity contribution is 0.537. The Hall–Kier alpha value is -1.47. The van der Waals surface area contributed by atoms with Gasteiger partial charge in [-0.2, -0.15) is 14.4 Å². The maximum Gasteiger partial charge on any atom is 0.312 e. The highest BCUT2D eigenvalue weighted by Gasteiger charge is 2.23. The van der Waals surface area contributed by atoms with E-state index in [4.69, 9.17) is 0 Å². The van der Waals surface area contributed by atoms with Gasteiger partial charge in [-0.25, -0.2) is 4.98 Å². The Kier molecular flexibility index (Phi) is 4.63. The van der Waals surface area contributed by atoms with Crippen LogP contribution in [0.2, 0.25) is 0 Å².